The Labute approximate surface area is 125 Å². The number of carbonyl (C=O) groups excluding carboxylic acids is 1. The fourth-order valence-corrected chi connectivity index (χ4v) is 3.53. The lowest BCUT2D eigenvalue weighted by Gasteiger charge is -2.36. The van der Waals surface area contributed by atoms with Crippen molar-refractivity contribution >= 4 is 5.97 Å². The van der Waals surface area contributed by atoms with E-state index >= 15 is 0 Å². The van der Waals surface area contributed by atoms with Crippen molar-refractivity contribution in [2.45, 2.75) is 37.8 Å². The van der Waals surface area contributed by atoms with Crippen molar-refractivity contribution in [2.24, 2.45) is 11.8 Å². The number of nitrogens with zero attached hydrogens (tertiary/aromatic N) is 1. The largest absolute Gasteiger partial charge is 0.462 e. The van der Waals surface area contributed by atoms with Crippen LogP contribution >= 0.6 is 0 Å². The van der Waals surface area contributed by atoms with E-state index in [1.165, 1.54) is 5.70 Å². The molecule has 0 amide bonds. The summed E-state index contributed by atoms with van der Waals surface area (Å²) in [4.78, 5) is 14.7. The molecule has 21 heavy (non-hydrogen) atoms. The van der Waals surface area contributed by atoms with Crippen LogP contribution in [0, 0.1) is 11.8 Å². The predicted molar refractivity (Wildman–Crippen MR) is 80.3 cm³/mol. The molecule has 0 saturated carbocycles. The molecule has 0 aromatic heterocycles. The second-order valence-corrected chi connectivity index (χ2v) is 6.20. The molecule has 4 atom stereocenters. The Morgan fingerprint density at radius 1 is 1.48 bits per heavy atom. The summed E-state index contributed by atoms with van der Waals surface area (Å²) in [5, 5.41) is 9.56. The number of fused-ring (bicyclic) bond motifs is 2. The number of piperidine rings is 1. The lowest BCUT2D eigenvalue weighted by Crippen LogP contribution is -2.40. The Hall–Kier alpha value is -1.55. The molecule has 1 fully saturated rings. The van der Waals surface area contributed by atoms with E-state index in [4.69, 9.17) is 4.74 Å². The monoisotopic (exact) mass is 289 g/mol. The van der Waals surface area contributed by atoms with Crippen molar-refractivity contribution < 1.29 is 14.6 Å². The van der Waals surface area contributed by atoms with Crippen molar-refractivity contribution in [2.75, 3.05) is 13.7 Å². The van der Waals surface area contributed by atoms with Gasteiger partial charge in [-0.25, -0.2) is 0 Å². The Balaban J connectivity index is 1.59. The highest BCUT2D eigenvalue weighted by atomic mass is 16.5. The smallest absolute Gasteiger partial charge is 0.312 e. The molecule has 3 rings (SSSR count). The number of esters is 1. The van der Waals surface area contributed by atoms with Crippen molar-refractivity contribution in [3.8, 4) is 0 Å². The van der Waals surface area contributed by atoms with Crippen LogP contribution in [0.4, 0.5) is 0 Å². The summed E-state index contributed by atoms with van der Waals surface area (Å²) in [6.45, 7) is -0.152. The van der Waals surface area contributed by atoms with Gasteiger partial charge in [-0.15, -0.1) is 0 Å². The molecule has 1 N–H and O–H groups in total. The van der Waals surface area contributed by atoms with Crippen molar-refractivity contribution in [1.29, 1.82) is 0 Å². The van der Waals surface area contributed by atoms with E-state index in [-0.39, 0.29) is 24.6 Å². The second-order valence-electron chi connectivity index (χ2n) is 6.20. The van der Waals surface area contributed by atoms with E-state index in [0.29, 0.717) is 6.04 Å². The maximum Gasteiger partial charge on any atom is 0.312 e. The molecule has 0 radical (unpaired) electrons. The van der Waals surface area contributed by atoms with E-state index in [1.807, 2.05) is 24.3 Å². The van der Waals surface area contributed by atoms with Gasteiger partial charge in [-0.05, 0) is 18.8 Å². The van der Waals surface area contributed by atoms with Crippen LogP contribution in [0.25, 0.3) is 0 Å². The van der Waals surface area contributed by atoms with E-state index in [2.05, 4.69) is 18.0 Å². The fraction of sp³-hybridized carbons (Fsp3) is 0.588. The number of aliphatic hydroxyl groups excluding tert-OH is 1. The van der Waals surface area contributed by atoms with Crippen LogP contribution in [0.1, 0.15) is 25.7 Å². The Bertz CT molecular complexity index is 494. The van der Waals surface area contributed by atoms with Gasteiger partial charge in [0.05, 0.1) is 12.5 Å². The molecule has 1 aliphatic carbocycles. The number of aliphatic hydroxyl groups is 1. The summed E-state index contributed by atoms with van der Waals surface area (Å²) < 4.78 is 5.70. The zero-order valence-corrected chi connectivity index (χ0v) is 12.4. The van der Waals surface area contributed by atoms with Crippen LogP contribution in [0.15, 0.2) is 36.1 Å². The van der Waals surface area contributed by atoms with E-state index in [9.17, 15) is 9.90 Å². The number of hydrogen-bond acceptors (Lipinski definition) is 4. The molecule has 0 aromatic rings. The second kappa shape index (κ2) is 6.06. The molecule has 2 aliphatic heterocycles. The molecular weight excluding hydrogens is 266 g/mol. The average molecular weight is 289 g/mol. The van der Waals surface area contributed by atoms with Crippen LogP contribution in [0.5, 0.6) is 0 Å². The van der Waals surface area contributed by atoms with Gasteiger partial charge in [0.1, 0.15) is 6.10 Å². The average Bonchev–Trinajstić information content (AvgIpc) is 2.72. The minimum absolute atomic E-state index is 0.0374. The first-order valence-corrected chi connectivity index (χ1v) is 7.75. The topological polar surface area (TPSA) is 49.8 Å². The quantitative estimate of drug-likeness (QED) is 0.805. The highest BCUT2D eigenvalue weighted by molar-refractivity contribution is 5.73. The predicted octanol–water partition coefficient (Wildman–Crippen LogP) is 2.02. The van der Waals surface area contributed by atoms with Gasteiger partial charge in [0, 0.05) is 31.6 Å². The van der Waals surface area contributed by atoms with Gasteiger partial charge in [0.25, 0.3) is 0 Å². The summed E-state index contributed by atoms with van der Waals surface area (Å²) in [7, 11) is 2.11. The number of carbonyl (C=O) groups is 1. The third kappa shape index (κ3) is 2.91. The minimum Gasteiger partial charge on any atom is -0.462 e. The fourth-order valence-electron chi connectivity index (χ4n) is 3.53. The zero-order valence-electron chi connectivity index (χ0n) is 12.4. The number of allylic oxidation sites excluding steroid dienone is 4. The number of ether oxygens (including phenoxy) is 1. The van der Waals surface area contributed by atoms with E-state index < -0.39 is 5.92 Å². The van der Waals surface area contributed by atoms with Gasteiger partial charge in [-0.2, -0.15) is 0 Å². The van der Waals surface area contributed by atoms with E-state index in [0.717, 1.165) is 25.7 Å². The van der Waals surface area contributed by atoms with Crippen molar-refractivity contribution in [3.05, 3.63) is 36.1 Å². The molecule has 2 bridgehead atoms. The summed E-state index contributed by atoms with van der Waals surface area (Å²) in [5.41, 5.74) is 1.28. The van der Waals surface area contributed by atoms with Gasteiger partial charge < -0.3 is 14.7 Å². The van der Waals surface area contributed by atoms with E-state index in [1.54, 1.807) is 0 Å². The van der Waals surface area contributed by atoms with Crippen molar-refractivity contribution in [1.82, 2.24) is 4.90 Å². The van der Waals surface area contributed by atoms with Crippen LogP contribution < -0.4 is 0 Å². The Morgan fingerprint density at radius 2 is 2.33 bits per heavy atom. The lowest BCUT2D eigenvalue weighted by molar-refractivity contribution is -0.158. The van der Waals surface area contributed by atoms with Crippen LogP contribution in [-0.2, 0) is 9.53 Å². The summed E-state index contributed by atoms with van der Waals surface area (Å²) in [6.07, 6.45) is 13.7. The molecule has 0 spiro atoms. The Kier molecular flexibility index (Phi) is 4.15. The molecule has 0 aromatic carbocycles. The molecule has 1 saturated heterocycles. The zero-order chi connectivity index (χ0) is 14.8. The molecule has 2 heterocycles. The number of hydrogen-bond donors (Lipinski definition) is 1. The maximum absolute atomic E-state index is 12.4. The van der Waals surface area contributed by atoms with Gasteiger partial charge >= 0.3 is 5.97 Å². The summed E-state index contributed by atoms with van der Waals surface area (Å²) in [6, 6.07) is 0.469. The molecule has 3 unspecified atom stereocenters. The normalized spacial score (nSPS) is 32.0. The third-order valence-corrected chi connectivity index (χ3v) is 4.91. The molecule has 4 nitrogen and oxygen atoms in total. The van der Waals surface area contributed by atoms with Crippen LogP contribution in [0.3, 0.4) is 0 Å². The summed E-state index contributed by atoms with van der Waals surface area (Å²) in [5.74, 6) is -0.649. The van der Waals surface area contributed by atoms with Gasteiger partial charge in [-0.1, -0.05) is 30.4 Å². The lowest BCUT2D eigenvalue weighted by atomic mass is 9.87. The highest BCUT2D eigenvalue weighted by Crippen LogP contribution is 2.35. The molecule has 3 aliphatic rings. The third-order valence-electron chi connectivity index (χ3n) is 4.91. The van der Waals surface area contributed by atoms with Crippen LogP contribution in [0.2, 0.25) is 0 Å². The minimum atomic E-state index is -0.447. The molecule has 114 valence electrons. The summed E-state index contributed by atoms with van der Waals surface area (Å²) >= 11 is 0. The van der Waals surface area contributed by atoms with Crippen molar-refractivity contribution in [3.63, 3.8) is 0 Å². The first-order valence-electron chi connectivity index (χ1n) is 7.75. The first-order chi connectivity index (χ1) is 10.2. The van der Waals surface area contributed by atoms with Gasteiger partial charge in [-0.3, -0.25) is 4.79 Å². The maximum atomic E-state index is 12.4. The number of rotatable bonds is 4. The molecular formula is C17H23NO3. The Morgan fingerprint density at radius 3 is 3.00 bits per heavy atom. The van der Waals surface area contributed by atoms with Gasteiger partial charge in [0.2, 0.25) is 0 Å². The highest BCUT2D eigenvalue weighted by Gasteiger charge is 2.36. The standard InChI is InChI=1S/C17H23NO3/c1-18-13-7-8-14(18)10-15(9-13)21-17(20)16(11-19)12-5-3-2-4-6-12/h2-5,7,12,14-16,19H,6,8-11H2,1H3/t12?,14?,15-,16?/m1/s1. The molecule has 4 heteroatoms. The van der Waals surface area contributed by atoms with Crippen LogP contribution in [-0.4, -0.2) is 41.8 Å². The first kappa shape index (κ1) is 14.4. The van der Waals surface area contributed by atoms with Gasteiger partial charge in [0.15, 0.2) is 0 Å². The SMILES string of the molecule is CN1C2=CCC1C[C@H](OC(=O)C(CO)C1C=CC=CC1)C2.